The predicted octanol–water partition coefficient (Wildman–Crippen LogP) is 2.60. The lowest BCUT2D eigenvalue weighted by atomic mass is 9.96. The molecule has 1 aliphatic rings. The lowest BCUT2D eigenvalue weighted by Gasteiger charge is -2.18. The third kappa shape index (κ3) is 1.52. The second-order valence-electron chi connectivity index (χ2n) is 3.56. The van der Waals surface area contributed by atoms with Crippen molar-refractivity contribution in [2.24, 2.45) is 0 Å². The Hall–Kier alpha value is -1.31. The lowest BCUT2D eigenvalue weighted by Crippen LogP contribution is -2.17. The second kappa shape index (κ2) is 3.82. The van der Waals surface area contributed by atoms with Gasteiger partial charge in [-0.1, -0.05) is 25.5 Å². The summed E-state index contributed by atoms with van der Waals surface area (Å²) in [5, 5.41) is 0. The summed E-state index contributed by atoms with van der Waals surface area (Å²) in [5.41, 5.74) is 1.95. The fourth-order valence-corrected chi connectivity index (χ4v) is 1.87. The SMILES string of the molecule is CCCc1cccc2c1C(=O)CCO2. The average molecular weight is 190 g/mol. The molecular formula is C12H14O2. The van der Waals surface area contributed by atoms with Crippen LogP contribution in [0.25, 0.3) is 0 Å². The summed E-state index contributed by atoms with van der Waals surface area (Å²) < 4.78 is 5.46. The van der Waals surface area contributed by atoms with Crippen molar-refractivity contribution < 1.29 is 9.53 Å². The molecule has 0 unspecified atom stereocenters. The Bertz CT molecular complexity index is 355. The number of carbonyl (C=O) groups excluding carboxylic acids is 1. The molecule has 2 nitrogen and oxygen atoms in total. The maximum absolute atomic E-state index is 11.7. The largest absolute Gasteiger partial charge is 0.492 e. The molecule has 2 rings (SSSR count). The Kier molecular flexibility index (Phi) is 2.53. The van der Waals surface area contributed by atoms with Gasteiger partial charge in [-0.3, -0.25) is 4.79 Å². The maximum atomic E-state index is 11.7. The molecule has 0 bridgehead atoms. The zero-order valence-electron chi connectivity index (χ0n) is 8.38. The van der Waals surface area contributed by atoms with Crippen molar-refractivity contribution in [2.45, 2.75) is 26.2 Å². The Labute approximate surface area is 83.9 Å². The molecule has 14 heavy (non-hydrogen) atoms. The van der Waals surface area contributed by atoms with E-state index in [1.807, 2.05) is 18.2 Å². The number of rotatable bonds is 2. The summed E-state index contributed by atoms with van der Waals surface area (Å²) in [7, 11) is 0. The van der Waals surface area contributed by atoms with Crippen LogP contribution in [0.2, 0.25) is 0 Å². The van der Waals surface area contributed by atoms with E-state index in [2.05, 4.69) is 6.92 Å². The molecule has 1 aliphatic heterocycles. The number of fused-ring (bicyclic) bond motifs is 1. The molecule has 0 saturated carbocycles. The molecule has 0 aromatic heterocycles. The first kappa shape index (κ1) is 9.25. The van der Waals surface area contributed by atoms with E-state index in [1.54, 1.807) is 0 Å². The van der Waals surface area contributed by atoms with E-state index in [9.17, 15) is 4.79 Å². The van der Waals surface area contributed by atoms with Crippen LogP contribution in [0.4, 0.5) is 0 Å². The minimum atomic E-state index is 0.232. The van der Waals surface area contributed by atoms with Crippen LogP contribution in [0, 0.1) is 0 Å². The summed E-state index contributed by atoms with van der Waals surface area (Å²) >= 11 is 0. The highest BCUT2D eigenvalue weighted by atomic mass is 16.5. The molecular weight excluding hydrogens is 176 g/mol. The molecule has 74 valence electrons. The molecule has 1 heterocycles. The van der Waals surface area contributed by atoms with Crippen molar-refractivity contribution in [3.8, 4) is 5.75 Å². The molecule has 0 atom stereocenters. The van der Waals surface area contributed by atoms with E-state index in [-0.39, 0.29) is 5.78 Å². The van der Waals surface area contributed by atoms with Crippen LogP contribution >= 0.6 is 0 Å². The molecule has 0 N–H and O–H groups in total. The Morgan fingerprint density at radius 2 is 2.29 bits per heavy atom. The van der Waals surface area contributed by atoms with Crippen molar-refractivity contribution in [2.75, 3.05) is 6.61 Å². The van der Waals surface area contributed by atoms with Crippen LogP contribution in [0.15, 0.2) is 18.2 Å². The van der Waals surface area contributed by atoms with Crippen LogP contribution < -0.4 is 4.74 Å². The molecule has 0 radical (unpaired) electrons. The first-order valence-corrected chi connectivity index (χ1v) is 5.11. The quantitative estimate of drug-likeness (QED) is 0.716. The number of aryl methyl sites for hydroxylation is 1. The Morgan fingerprint density at radius 1 is 1.43 bits per heavy atom. The Morgan fingerprint density at radius 3 is 3.07 bits per heavy atom. The number of carbonyl (C=O) groups is 1. The van der Waals surface area contributed by atoms with Gasteiger partial charge in [-0.2, -0.15) is 0 Å². The van der Waals surface area contributed by atoms with Crippen LogP contribution in [0.1, 0.15) is 35.7 Å². The fourth-order valence-electron chi connectivity index (χ4n) is 1.87. The summed E-state index contributed by atoms with van der Waals surface area (Å²) in [4.78, 5) is 11.7. The molecule has 0 spiro atoms. The number of ketones is 1. The molecule has 0 amide bonds. The topological polar surface area (TPSA) is 26.3 Å². The highest BCUT2D eigenvalue weighted by Gasteiger charge is 2.20. The second-order valence-corrected chi connectivity index (χ2v) is 3.56. The average Bonchev–Trinajstić information content (AvgIpc) is 2.19. The fraction of sp³-hybridized carbons (Fsp3) is 0.417. The van der Waals surface area contributed by atoms with Crippen molar-refractivity contribution in [3.63, 3.8) is 0 Å². The Balaban J connectivity index is 2.46. The monoisotopic (exact) mass is 190 g/mol. The van der Waals surface area contributed by atoms with Gasteiger partial charge >= 0.3 is 0 Å². The first-order chi connectivity index (χ1) is 6.83. The van der Waals surface area contributed by atoms with Gasteiger partial charge < -0.3 is 4.74 Å². The van der Waals surface area contributed by atoms with Gasteiger partial charge in [0.2, 0.25) is 0 Å². The molecule has 1 aromatic carbocycles. The number of hydrogen-bond donors (Lipinski definition) is 0. The highest BCUT2D eigenvalue weighted by molar-refractivity contribution is 6.01. The highest BCUT2D eigenvalue weighted by Crippen LogP contribution is 2.28. The molecule has 0 saturated heterocycles. The van der Waals surface area contributed by atoms with Gasteiger partial charge in [-0.25, -0.2) is 0 Å². The normalized spacial score (nSPS) is 14.8. The zero-order chi connectivity index (χ0) is 9.97. The zero-order valence-corrected chi connectivity index (χ0v) is 8.38. The summed E-state index contributed by atoms with van der Waals surface area (Å²) in [6.07, 6.45) is 2.54. The van der Waals surface area contributed by atoms with Gasteiger partial charge in [0.1, 0.15) is 5.75 Å². The summed E-state index contributed by atoms with van der Waals surface area (Å²) in [6, 6.07) is 5.86. The van der Waals surface area contributed by atoms with Crippen molar-refractivity contribution in [1.29, 1.82) is 0 Å². The molecule has 0 aliphatic carbocycles. The maximum Gasteiger partial charge on any atom is 0.170 e. The summed E-state index contributed by atoms with van der Waals surface area (Å²) in [5.74, 6) is 1.00. The number of benzene rings is 1. The number of hydrogen-bond acceptors (Lipinski definition) is 2. The third-order valence-electron chi connectivity index (χ3n) is 2.50. The van der Waals surface area contributed by atoms with Crippen molar-refractivity contribution in [1.82, 2.24) is 0 Å². The smallest absolute Gasteiger partial charge is 0.170 e. The van der Waals surface area contributed by atoms with E-state index in [4.69, 9.17) is 4.74 Å². The third-order valence-corrected chi connectivity index (χ3v) is 2.50. The van der Waals surface area contributed by atoms with Crippen LogP contribution in [0.3, 0.4) is 0 Å². The van der Waals surface area contributed by atoms with Crippen LogP contribution in [-0.2, 0) is 6.42 Å². The van der Waals surface area contributed by atoms with Crippen molar-refractivity contribution in [3.05, 3.63) is 29.3 Å². The van der Waals surface area contributed by atoms with Gasteiger partial charge in [-0.15, -0.1) is 0 Å². The van der Waals surface area contributed by atoms with E-state index in [1.165, 1.54) is 0 Å². The van der Waals surface area contributed by atoms with Gasteiger partial charge in [0.25, 0.3) is 0 Å². The lowest BCUT2D eigenvalue weighted by molar-refractivity contribution is 0.0932. The van der Waals surface area contributed by atoms with E-state index in [0.29, 0.717) is 13.0 Å². The van der Waals surface area contributed by atoms with E-state index >= 15 is 0 Å². The first-order valence-electron chi connectivity index (χ1n) is 5.11. The number of ether oxygens (including phenoxy) is 1. The van der Waals surface area contributed by atoms with E-state index < -0.39 is 0 Å². The van der Waals surface area contributed by atoms with Crippen LogP contribution in [-0.4, -0.2) is 12.4 Å². The minimum Gasteiger partial charge on any atom is -0.492 e. The van der Waals surface area contributed by atoms with Gasteiger partial charge in [0.05, 0.1) is 12.2 Å². The minimum absolute atomic E-state index is 0.232. The number of Topliss-reactive ketones (excluding diaryl/α,β-unsaturated/α-hetero) is 1. The van der Waals surface area contributed by atoms with E-state index in [0.717, 1.165) is 29.7 Å². The molecule has 1 aromatic rings. The predicted molar refractivity (Wildman–Crippen MR) is 54.9 cm³/mol. The molecule has 2 heteroatoms. The standard InChI is InChI=1S/C12H14O2/c1-2-4-9-5-3-6-11-12(9)10(13)7-8-14-11/h3,5-6H,2,4,7-8H2,1H3. The van der Waals surface area contributed by atoms with Gasteiger partial charge in [0, 0.05) is 6.42 Å². The molecule has 0 fully saturated rings. The van der Waals surface area contributed by atoms with Crippen molar-refractivity contribution >= 4 is 5.78 Å². The van der Waals surface area contributed by atoms with Gasteiger partial charge in [0.15, 0.2) is 5.78 Å². The van der Waals surface area contributed by atoms with Crippen LogP contribution in [0.5, 0.6) is 5.75 Å². The summed E-state index contributed by atoms with van der Waals surface area (Å²) in [6.45, 7) is 2.65. The van der Waals surface area contributed by atoms with Gasteiger partial charge in [-0.05, 0) is 18.1 Å².